The van der Waals surface area contributed by atoms with Crippen LogP contribution in [0.25, 0.3) is 22.3 Å². The Balaban J connectivity index is 1.61. The molecule has 0 aliphatic carbocycles. The van der Waals surface area contributed by atoms with Gasteiger partial charge in [0.05, 0.1) is 0 Å². The van der Waals surface area contributed by atoms with E-state index < -0.39 is 19.7 Å². The Kier molecular flexibility index (Phi) is 6.65. The Bertz CT molecular complexity index is 1590. The van der Waals surface area contributed by atoms with E-state index in [0.717, 1.165) is 43.9 Å². The highest BCUT2D eigenvalue weighted by atomic mass is 28.3. The minimum Gasteiger partial charge on any atom is -0.265 e. The zero-order valence-electron chi connectivity index (χ0n) is 21.0. The van der Waals surface area contributed by atoms with Crippen molar-refractivity contribution in [3.05, 3.63) is 158 Å². The topological polar surface area (TPSA) is 25.8 Å². The molecule has 6 rings (SSSR count). The quantitative estimate of drug-likeness (QED) is 0.213. The molecule has 39 heavy (non-hydrogen) atoms. The molecule has 2 heterocycles. The Morgan fingerprint density at radius 3 is 1.21 bits per heavy atom. The van der Waals surface area contributed by atoms with Gasteiger partial charge in [-0.1, -0.05) is 78.9 Å². The largest absolute Gasteiger partial charge is 0.265 e. The second kappa shape index (κ2) is 10.6. The van der Waals surface area contributed by atoms with Crippen LogP contribution < -0.4 is 20.7 Å². The predicted octanol–water partition coefficient (Wildman–Crippen LogP) is 5.47. The Labute approximate surface area is 227 Å². The number of rotatable bonds is 6. The summed E-state index contributed by atoms with van der Waals surface area (Å²) in [6.07, 6.45) is 7.08. The normalized spacial score (nSPS) is 11.3. The molecule has 2 nitrogen and oxygen atoms in total. The Morgan fingerprint density at radius 2 is 0.769 bits per heavy atom. The second-order valence-corrected chi connectivity index (χ2v) is 13.2. The lowest BCUT2D eigenvalue weighted by Gasteiger charge is -2.34. The van der Waals surface area contributed by atoms with E-state index in [1.54, 1.807) is 24.8 Å². The minimum absolute atomic E-state index is 0.584. The molecular formula is C34H24F2N2Si. The van der Waals surface area contributed by atoms with Gasteiger partial charge in [-0.2, -0.15) is 0 Å². The van der Waals surface area contributed by atoms with Gasteiger partial charge in [-0.25, -0.2) is 8.78 Å². The standard InChI is InChI=1S/C34H24F2N2Si/c35-29-22-30(36)24-34(23-29)39(31-4-2-1-3-5-31,32-10-6-25(7-11-32)27-14-18-37-19-15-27)33-12-8-26(9-13-33)28-16-20-38-21-17-28/h1-24H. The Morgan fingerprint density at radius 1 is 0.385 bits per heavy atom. The molecule has 188 valence electrons. The van der Waals surface area contributed by atoms with Crippen molar-refractivity contribution in [3.63, 3.8) is 0 Å². The minimum atomic E-state index is -3.12. The molecule has 0 N–H and O–H groups in total. The number of aromatic nitrogens is 2. The molecule has 0 aliphatic heterocycles. The average molecular weight is 527 g/mol. The van der Waals surface area contributed by atoms with Crippen molar-refractivity contribution in [1.82, 2.24) is 9.97 Å². The molecule has 2 aromatic heterocycles. The van der Waals surface area contributed by atoms with Crippen LogP contribution in [0.2, 0.25) is 0 Å². The van der Waals surface area contributed by atoms with Crippen molar-refractivity contribution in [2.24, 2.45) is 0 Å². The third-order valence-electron chi connectivity index (χ3n) is 7.17. The summed E-state index contributed by atoms with van der Waals surface area (Å²) in [5, 5.41) is 3.77. The smallest absolute Gasteiger partial charge is 0.179 e. The van der Waals surface area contributed by atoms with Crippen LogP contribution in [-0.2, 0) is 0 Å². The van der Waals surface area contributed by atoms with Gasteiger partial charge in [0.25, 0.3) is 0 Å². The molecule has 0 saturated heterocycles. The van der Waals surface area contributed by atoms with Crippen LogP contribution in [0, 0.1) is 11.6 Å². The van der Waals surface area contributed by atoms with E-state index >= 15 is 0 Å². The summed E-state index contributed by atoms with van der Waals surface area (Å²) >= 11 is 0. The predicted molar refractivity (Wildman–Crippen MR) is 156 cm³/mol. The monoisotopic (exact) mass is 526 g/mol. The molecule has 0 unspecified atom stereocenters. The molecular weight excluding hydrogens is 502 g/mol. The van der Waals surface area contributed by atoms with Crippen LogP contribution in [-0.4, -0.2) is 18.0 Å². The first-order valence-corrected chi connectivity index (χ1v) is 14.7. The van der Waals surface area contributed by atoms with E-state index in [0.29, 0.717) is 5.19 Å². The summed E-state index contributed by atoms with van der Waals surface area (Å²) < 4.78 is 29.7. The average Bonchev–Trinajstić information content (AvgIpc) is 2.99. The summed E-state index contributed by atoms with van der Waals surface area (Å²) in [4.78, 5) is 8.25. The lowest BCUT2D eigenvalue weighted by molar-refractivity contribution is 0.585. The van der Waals surface area contributed by atoms with E-state index in [1.165, 1.54) is 12.1 Å². The zero-order chi connectivity index (χ0) is 26.7. The molecule has 0 amide bonds. The van der Waals surface area contributed by atoms with Gasteiger partial charge in [-0.3, -0.25) is 9.97 Å². The van der Waals surface area contributed by atoms with Crippen molar-refractivity contribution >= 4 is 28.8 Å². The van der Waals surface area contributed by atoms with E-state index in [4.69, 9.17) is 0 Å². The van der Waals surface area contributed by atoms with Crippen LogP contribution in [0.5, 0.6) is 0 Å². The van der Waals surface area contributed by atoms with Crippen LogP contribution in [0.3, 0.4) is 0 Å². The van der Waals surface area contributed by atoms with Gasteiger partial charge in [0.15, 0.2) is 8.07 Å². The second-order valence-electron chi connectivity index (χ2n) is 9.40. The summed E-state index contributed by atoms with van der Waals surface area (Å²) in [6.45, 7) is 0. The third-order valence-corrected chi connectivity index (χ3v) is 11.9. The molecule has 0 atom stereocenters. The molecule has 0 aliphatic rings. The van der Waals surface area contributed by atoms with Crippen molar-refractivity contribution in [2.75, 3.05) is 0 Å². The number of pyridine rings is 2. The van der Waals surface area contributed by atoms with Crippen LogP contribution in [0.1, 0.15) is 0 Å². The van der Waals surface area contributed by atoms with Gasteiger partial charge in [0.2, 0.25) is 0 Å². The molecule has 0 saturated carbocycles. The summed E-state index contributed by atoms with van der Waals surface area (Å²) in [6, 6.07) is 38.6. The van der Waals surface area contributed by atoms with E-state index in [-0.39, 0.29) is 0 Å². The van der Waals surface area contributed by atoms with Gasteiger partial charge in [-0.05, 0) is 79.4 Å². The number of hydrogen-bond acceptors (Lipinski definition) is 2. The highest BCUT2D eigenvalue weighted by molar-refractivity contribution is 7.19. The fourth-order valence-electron chi connectivity index (χ4n) is 5.37. The van der Waals surface area contributed by atoms with Gasteiger partial charge in [-0.15, -0.1) is 0 Å². The number of hydrogen-bond donors (Lipinski definition) is 0. The maximum Gasteiger partial charge on any atom is 0.179 e. The molecule has 0 spiro atoms. The third kappa shape index (κ3) is 4.69. The number of benzene rings is 4. The molecule has 5 heteroatoms. The molecule has 4 aromatic carbocycles. The zero-order valence-corrected chi connectivity index (χ0v) is 22.0. The lowest BCUT2D eigenvalue weighted by atomic mass is 10.1. The van der Waals surface area contributed by atoms with E-state index in [9.17, 15) is 8.78 Å². The number of nitrogens with zero attached hydrogens (tertiary/aromatic N) is 2. The lowest BCUT2D eigenvalue weighted by Crippen LogP contribution is -2.74. The molecule has 0 fully saturated rings. The molecule has 6 aromatic rings. The van der Waals surface area contributed by atoms with Crippen molar-refractivity contribution < 1.29 is 8.78 Å². The first-order valence-electron chi connectivity index (χ1n) is 12.7. The SMILES string of the molecule is Fc1cc(F)cc([Si](c2ccccc2)(c2ccc(-c3ccncc3)cc2)c2ccc(-c3ccncc3)cc2)c1. The van der Waals surface area contributed by atoms with Gasteiger partial charge < -0.3 is 0 Å². The fourth-order valence-corrected chi connectivity index (χ4v) is 10.1. The highest BCUT2D eigenvalue weighted by Crippen LogP contribution is 2.21. The van der Waals surface area contributed by atoms with E-state index in [2.05, 4.69) is 70.6 Å². The van der Waals surface area contributed by atoms with Gasteiger partial charge in [0, 0.05) is 30.9 Å². The van der Waals surface area contributed by atoms with Crippen LogP contribution in [0.15, 0.2) is 146 Å². The molecule has 0 bridgehead atoms. The summed E-state index contributed by atoms with van der Waals surface area (Å²) in [5.41, 5.74) is 4.22. The van der Waals surface area contributed by atoms with Crippen molar-refractivity contribution in [3.8, 4) is 22.3 Å². The van der Waals surface area contributed by atoms with Crippen molar-refractivity contribution in [1.29, 1.82) is 0 Å². The maximum atomic E-state index is 14.8. The van der Waals surface area contributed by atoms with Gasteiger partial charge >= 0.3 is 0 Å². The van der Waals surface area contributed by atoms with Crippen molar-refractivity contribution in [2.45, 2.75) is 0 Å². The summed E-state index contributed by atoms with van der Waals surface area (Å²) in [7, 11) is -3.12. The van der Waals surface area contributed by atoms with Crippen LogP contribution >= 0.6 is 0 Å². The van der Waals surface area contributed by atoms with Crippen LogP contribution in [0.4, 0.5) is 8.78 Å². The molecule has 0 radical (unpaired) electrons. The summed E-state index contributed by atoms with van der Waals surface area (Å²) in [5.74, 6) is -1.17. The Hall–Kier alpha value is -4.74. The van der Waals surface area contributed by atoms with Gasteiger partial charge in [0.1, 0.15) is 11.6 Å². The maximum absolute atomic E-state index is 14.8. The first kappa shape index (κ1) is 24.6. The van der Waals surface area contributed by atoms with E-state index in [1.807, 2.05) is 42.5 Å². The highest BCUT2D eigenvalue weighted by Gasteiger charge is 2.42. The number of halogens is 2. The first-order chi connectivity index (χ1) is 19.1. The fraction of sp³-hybridized carbons (Fsp3) is 0.